The molecule has 7 nitrogen and oxygen atoms in total. The van der Waals surface area contributed by atoms with Gasteiger partial charge >= 0.3 is 5.69 Å². The number of aromatic amines is 1. The fourth-order valence-electron chi connectivity index (χ4n) is 2.72. The molecular weight excluding hydrogens is 344 g/mol. The van der Waals surface area contributed by atoms with Crippen molar-refractivity contribution in [3.05, 3.63) is 85.6 Å². The summed E-state index contributed by atoms with van der Waals surface area (Å²) in [5, 5.41) is 14.6. The van der Waals surface area contributed by atoms with Gasteiger partial charge < -0.3 is 5.11 Å². The standard InChI is InChI=1S/C20H20N4O3/c1-12-5-4-6-15(9-12)23-21-11-16-18(25)22-20(27)24(19(16)26)17-10-13(2)7-8-14(17)3/h4-11,23,26H,1-3H3,(H,22,25,27). The zero-order valence-electron chi connectivity index (χ0n) is 15.3. The van der Waals surface area contributed by atoms with Crippen LogP contribution in [0.3, 0.4) is 0 Å². The molecule has 7 heteroatoms. The van der Waals surface area contributed by atoms with Crippen LogP contribution in [-0.4, -0.2) is 20.9 Å². The number of H-pyrrole nitrogens is 1. The van der Waals surface area contributed by atoms with Crippen LogP contribution in [0.25, 0.3) is 5.69 Å². The number of aryl methyl sites for hydroxylation is 3. The molecular formula is C20H20N4O3. The van der Waals surface area contributed by atoms with Crippen LogP contribution in [0, 0.1) is 20.8 Å². The number of hydrogen-bond donors (Lipinski definition) is 3. The van der Waals surface area contributed by atoms with E-state index in [4.69, 9.17) is 0 Å². The van der Waals surface area contributed by atoms with Crippen LogP contribution in [0.15, 0.2) is 57.2 Å². The summed E-state index contributed by atoms with van der Waals surface area (Å²) >= 11 is 0. The maximum atomic E-state index is 12.3. The number of aromatic nitrogens is 2. The number of rotatable bonds is 4. The highest BCUT2D eigenvalue weighted by Crippen LogP contribution is 2.20. The van der Waals surface area contributed by atoms with E-state index in [9.17, 15) is 14.7 Å². The molecule has 0 saturated carbocycles. The lowest BCUT2D eigenvalue weighted by molar-refractivity contribution is 0.430. The summed E-state index contributed by atoms with van der Waals surface area (Å²) in [7, 11) is 0. The van der Waals surface area contributed by atoms with E-state index >= 15 is 0 Å². The van der Waals surface area contributed by atoms with Gasteiger partial charge in [-0.05, 0) is 55.7 Å². The predicted octanol–water partition coefficient (Wildman–Crippen LogP) is 2.60. The van der Waals surface area contributed by atoms with Gasteiger partial charge in [-0.3, -0.25) is 15.2 Å². The molecule has 0 radical (unpaired) electrons. The Balaban J connectivity index is 2.04. The number of aromatic hydroxyl groups is 1. The average Bonchev–Trinajstić information content (AvgIpc) is 2.60. The van der Waals surface area contributed by atoms with Crippen molar-refractivity contribution in [2.75, 3.05) is 5.43 Å². The summed E-state index contributed by atoms with van der Waals surface area (Å²) in [6, 6.07) is 13.0. The van der Waals surface area contributed by atoms with Crippen LogP contribution < -0.4 is 16.7 Å². The van der Waals surface area contributed by atoms with Gasteiger partial charge in [0.25, 0.3) is 5.56 Å². The highest BCUT2D eigenvalue weighted by molar-refractivity contribution is 5.82. The Hall–Kier alpha value is -3.61. The summed E-state index contributed by atoms with van der Waals surface area (Å²) in [6.45, 7) is 5.65. The lowest BCUT2D eigenvalue weighted by Gasteiger charge is -2.12. The number of nitrogens with one attached hydrogen (secondary N) is 2. The Labute approximate surface area is 155 Å². The minimum Gasteiger partial charge on any atom is -0.493 e. The molecule has 0 amide bonds. The van der Waals surface area contributed by atoms with Crippen molar-refractivity contribution >= 4 is 11.9 Å². The Morgan fingerprint density at radius 3 is 2.56 bits per heavy atom. The minimum absolute atomic E-state index is 0.115. The molecule has 3 N–H and O–H groups in total. The van der Waals surface area contributed by atoms with Gasteiger partial charge in [-0.15, -0.1) is 0 Å². The van der Waals surface area contributed by atoms with Crippen LogP contribution in [0.5, 0.6) is 5.88 Å². The van der Waals surface area contributed by atoms with Gasteiger partial charge in [-0.2, -0.15) is 5.10 Å². The Kier molecular flexibility index (Phi) is 4.94. The predicted molar refractivity (Wildman–Crippen MR) is 106 cm³/mol. The molecule has 0 aliphatic heterocycles. The molecule has 27 heavy (non-hydrogen) atoms. The summed E-state index contributed by atoms with van der Waals surface area (Å²) in [6.07, 6.45) is 1.19. The first-order valence-corrected chi connectivity index (χ1v) is 8.38. The second-order valence-electron chi connectivity index (χ2n) is 6.36. The number of hydrogen-bond acceptors (Lipinski definition) is 5. The Morgan fingerprint density at radius 2 is 1.81 bits per heavy atom. The second-order valence-corrected chi connectivity index (χ2v) is 6.36. The van der Waals surface area contributed by atoms with Crippen LogP contribution in [0.2, 0.25) is 0 Å². The van der Waals surface area contributed by atoms with E-state index in [0.29, 0.717) is 5.69 Å². The van der Waals surface area contributed by atoms with Gasteiger partial charge in [0, 0.05) is 0 Å². The van der Waals surface area contributed by atoms with E-state index in [0.717, 1.165) is 26.9 Å². The quantitative estimate of drug-likeness (QED) is 0.489. The van der Waals surface area contributed by atoms with E-state index in [1.807, 2.05) is 57.2 Å². The lowest BCUT2D eigenvalue weighted by atomic mass is 10.1. The van der Waals surface area contributed by atoms with Crippen molar-refractivity contribution in [3.8, 4) is 11.6 Å². The third kappa shape index (κ3) is 3.82. The Morgan fingerprint density at radius 1 is 1.07 bits per heavy atom. The molecule has 138 valence electrons. The van der Waals surface area contributed by atoms with Crippen molar-refractivity contribution in [1.82, 2.24) is 9.55 Å². The molecule has 0 aliphatic carbocycles. The molecule has 0 bridgehead atoms. The summed E-state index contributed by atoms with van der Waals surface area (Å²) < 4.78 is 1.07. The fraction of sp³-hybridized carbons (Fsp3) is 0.150. The van der Waals surface area contributed by atoms with Gasteiger partial charge in [0.1, 0.15) is 5.56 Å². The minimum atomic E-state index is -0.714. The molecule has 3 rings (SSSR count). The number of anilines is 1. The number of hydrazone groups is 1. The molecule has 0 atom stereocenters. The highest BCUT2D eigenvalue weighted by Gasteiger charge is 2.15. The summed E-state index contributed by atoms with van der Waals surface area (Å²) in [4.78, 5) is 26.7. The van der Waals surface area contributed by atoms with Gasteiger partial charge in [0.15, 0.2) is 0 Å². The van der Waals surface area contributed by atoms with Crippen molar-refractivity contribution in [1.29, 1.82) is 0 Å². The van der Waals surface area contributed by atoms with E-state index in [-0.39, 0.29) is 5.56 Å². The molecule has 2 aromatic carbocycles. The zero-order valence-corrected chi connectivity index (χ0v) is 15.3. The smallest absolute Gasteiger partial charge is 0.335 e. The zero-order chi connectivity index (χ0) is 19.6. The van der Waals surface area contributed by atoms with Crippen LogP contribution >= 0.6 is 0 Å². The fourth-order valence-corrected chi connectivity index (χ4v) is 2.72. The first kappa shape index (κ1) is 18.2. The van der Waals surface area contributed by atoms with Crippen molar-refractivity contribution < 1.29 is 5.11 Å². The van der Waals surface area contributed by atoms with Crippen molar-refractivity contribution in [2.45, 2.75) is 20.8 Å². The monoisotopic (exact) mass is 364 g/mol. The van der Waals surface area contributed by atoms with E-state index < -0.39 is 17.1 Å². The maximum Gasteiger partial charge on any atom is 0.335 e. The molecule has 1 aromatic heterocycles. The van der Waals surface area contributed by atoms with E-state index in [2.05, 4.69) is 15.5 Å². The molecule has 3 aromatic rings. The van der Waals surface area contributed by atoms with E-state index in [1.54, 1.807) is 6.07 Å². The number of nitrogens with zero attached hydrogens (tertiary/aromatic N) is 2. The highest BCUT2D eigenvalue weighted by atomic mass is 16.3. The van der Waals surface area contributed by atoms with Crippen LogP contribution in [-0.2, 0) is 0 Å². The average molecular weight is 364 g/mol. The molecule has 0 unspecified atom stereocenters. The SMILES string of the molecule is Cc1cccc(NN=Cc2c(O)n(-c3cc(C)ccc3C)c(=O)[nH]c2=O)c1. The number of benzene rings is 2. The van der Waals surface area contributed by atoms with Crippen molar-refractivity contribution in [3.63, 3.8) is 0 Å². The first-order valence-electron chi connectivity index (χ1n) is 8.38. The largest absolute Gasteiger partial charge is 0.493 e. The van der Waals surface area contributed by atoms with Gasteiger partial charge in [0.05, 0.1) is 17.6 Å². The lowest BCUT2D eigenvalue weighted by Crippen LogP contribution is -2.31. The van der Waals surface area contributed by atoms with Gasteiger partial charge in [0.2, 0.25) is 5.88 Å². The van der Waals surface area contributed by atoms with Gasteiger partial charge in [-0.1, -0.05) is 24.3 Å². The third-order valence-electron chi connectivity index (χ3n) is 4.13. The third-order valence-corrected chi connectivity index (χ3v) is 4.13. The molecule has 0 spiro atoms. The van der Waals surface area contributed by atoms with Crippen LogP contribution in [0.4, 0.5) is 5.69 Å². The summed E-state index contributed by atoms with van der Waals surface area (Å²) in [5.41, 5.74) is 5.25. The Bertz CT molecular complexity index is 1140. The van der Waals surface area contributed by atoms with Gasteiger partial charge in [-0.25, -0.2) is 9.36 Å². The second kappa shape index (κ2) is 7.33. The molecule has 1 heterocycles. The van der Waals surface area contributed by atoms with Crippen LogP contribution in [0.1, 0.15) is 22.3 Å². The molecule has 0 aliphatic rings. The molecule has 0 fully saturated rings. The van der Waals surface area contributed by atoms with E-state index in [1.165, 1.54) is 6.21 Å². The first-order chi connectivity index (χ1) is 12.9. The molecule has 0 saturated heterocycles. The normalized spacial score (nSPS) is 11.1. The van der Waals surface area contributed by atoms with Crippen molar-refractivity contribution in [2.24, 2.45) is 5.10 Å². The topological polar surface area (TPSA) is 99.5 Å². The summed E-state index contributed by atoms with van der Waals surface area (Å²) in [5.74, 6) is -0.466. The maximum absolute atomic E-state index is 12.3.